The summed E-state index contributed by atoms with van der Waals surface area (Å²) in [5.74, 6) is 0.0519. The highest BCUT2D eigenvalue weighted by Gasteiger charge is 2.14. The van der Waals surface area contributed by atoms with Gasteiger partial charge >= 0.3 is 6.08 Å². The lowest BCUT2D eigenvalue weighted by Crippen LogP contribution is -2.43. The van der Waals surface area contributed by atoms with Crippen LogP contribution in [0, 0.1) is 5.82 Å². The maximum atomic E-state index is 13.5. The van der Waals surface area contributed by atoms with Crippen LogP contribution in [0.3, 0.4) is 0 Å². The average molecular weight is 459 g/mol. The van der Waals surface area contributed by atoms with Gasteiger partial charge in [0.05, 0.1) is 18.2 Å². The quantitative estimate of drug-likeness (QED) is 0.289. The lowest BCUT2D eigenvalue weighted by Gasteiger charge is -2.20. The zero-order valence-electron chi connectivity index (χ0n) is 17.6. The molecule has 9 nitrogen and oxygen atoms in total. The van der Waals surface area contributed by atoms with Gasteiger partial charge in [-0.2, -0.15) is 0 Å². The highest BCUT2D eigenvalue weighted by molar-refractivity contribution is 6.30. The molecule has 0 aliphatic carbocycles. The van der Waals surface area contributed by atoms with E-state index in [0.29, 0.717) is 38.5 Å². The molecular formula is C20H28ClFN4O5. The number of ether oxygens (including phenoxy) is 3. The fourth-order valence-electron chi connectivity index (χ4n) is 2.57. The first-order valence-electron chi connectivity index (χ1n) is 10.0. The predicted molar refractivity (Wildman–Crippen MR) is 112 cm³/mol. The first kappa shape index (κ1) is 25.0. The fraction of sp³-hybridized carbons (Fsp3) is 0.550. The summed E-state index contributed by atoms with van der Waals surface area (Å²) in [6.45, 7) is 4.31. The highest BCUT2D eigenvalue weighted by Crippen LogP contribution is 2.21. The summed E-state index contributed by atoms with van der Waals surface area (Å²) in [7, 11) is 1.63. The van der Waals surface area contributed by atoms with Gasteiger partial charge in [-0.1, -0.05) is 23.6 Å². The van der Waals surface area contributed by atoms with E-state index in [4.69, 9.17) is 30.2 Å². The van der Waals surface area contributed by atoms with Gasteiger partial charge in [-0.25, -0.2) is 4.39 Å². The molecule has 0 spiro atoms. The van der Waals surface area contributed by atoms with Gasteiger partial charge in [-0.3, -0.25) is 4.79 Å². The van der Waals surface area contributed by atoms with Crippen LogP contribution >= 0.6 is 11.6 Å². The van der Waals surface area contributed by atoms with Gasteiger partial charge < -0.3 is 29.3 Å². The third-order valence-corrected chi connectivity index (χ3v) is 4.57. The van der Waals surface area contributed by atoms with Crippen molar-refractivity contribution in [2.45, 2.75) is 38.5 Å². The van der Waals surface area contributed by atoms with E-state index in [9.17, 15) is 9.18 Å². The van der Waals surface area contributed by atoms with Crippen LogP contribution in [-0.2, 0) is 16.1 Å². The number of nitrogens with zero attached hydrogens (tertiary/aromatic N) is 2. The summed E-state index contributed by atoms with van der Waals surface area (Å²) in [5, 5.41) is 14.2. The van der Waals surface area contributed by atoms with Crippen molar-refractivity contribution in [3.63, 3.8) is 0 Å². The molecule has 172 valence electrons. The minimum absolute atomic E-state index is 0.00345. The van der Waals surface area contributed by atoms with E-state index in [1.54, 1.807) is 7.11 Å². The van der Waals surface area contributed by atoms with Crippen molar-refractivity contribution in [1.82, 2.24) is 20.8 Å². The lowest BCUT2D eigenvalue weighted by atomic mass is 10.2. The molecular weight excluding hydrogens is 431 g/mol. The average Bonchev–Trinajstić information content (AvgIpc) is 3.22. The van der Waals surface area contributed by atoms with E-state index in [0.717, 1.165) is 18.9 Å². The SMILES string of the molecule is CC[C@@H](CNCc1nnc(OCCCOC)o1)NCC(C=O)Oc1ccc(Cl)c(F)c1. The van der Waals surface area contributed by atoms with Crippen molar-refractivity contribution in [2.75, 3.05) is 33.4 Å². The van der Waals surface area contributed by atoms with Gasteiger partial charge in [0.15, 0.2) is 12.4 Å². The van der Waals surface area contributed by atoms with E-state index in [2.05, 4.69) is 20.8 Å². The molecule has 2 aromatic rings. The van der Waals surface area contributed by atoms with Crippen LogP contribution in [0.15, 0.2) is 22.6 Å². The molecule has 0 saturated heterocycles. The van der Waals surface area contributed by atoms with E-state index < -0.39 is 11.9 Å². The number of nitrogens with one attached hydrogen (secondary N) is 2. The van der Waals surface area contributed by atoms with E-state index in [1.807, 2.05) is 6.92 Å². The maximum Gasteiger partial charge on any atom is 0.414 e. The number of hydrogen-bond donors (Lipinski definition) is 2. The van der Waals surface area contributed by atoms with Crippen molar-refractivity contribution >= 4 is 17.9 Å². The van der Waals surface area contributed by atoms with Gasteiger partial charge in [0.25, 0.3) is 0 Å². The van der Waals surface area contributed by atoms with Crippen LogP contribution in [0.5, 0.6) is 11.8 Å². The molecule has 2 N–H and O–H groups in total. The summed E-state index contributed by atoms with van der Waals surface area (Å²) in [5.41, 5.74) is 0. The molecule has 2 atom stereocenters. The van der Waals surface area contributed by atoms with Crippen molar-refractivity contribution in [2.24, 2.45) is 0 Å². The number of aldehydes is 1. The molecule has 1 aromatic carbocycles. The first-order valence-corrected chi connectivity index (χ1v) is 10.4. The minimum Gasteiger partial charge on any atom is -0.482 e. The predicted octanol–water partition coefficient (Wildman–Crippen LogP) is 2.38. The van der Waals surface area contributed by atoms with E-state index in [-0.39, 0.29) is 29.4 Å². The fourth-order valence-corrected chi connectivity index (χ4v) is 2.69. The number of methoxy groups -OCH3 is 1. The molecule has 0 saturated carbocycles. The molecule has 0 radical (unpaired) electrons. The Labute approximate surface area is 185 Å². The number of hydrogen-bond acceptors (Lipinski definition) is 9. The van der Waals surface area contributed by atoms with Crippen LogP contribution in [0.25, 0.3) is 0 Å². The number of halogens is 2. The van der Waals surface area contributed by atoms with Gasteiger partial charge in [-0.05, 0) is 18.6 Å². The highest BCUT2D eigenvalue weighted by atomic mass is 35.5. The number of rotatable bonds is 16. The van der Waals surface area contributed by atoms with E-state index in [1.165, 1.54) is 12.1 Å². The van der Waals surface area contributed by atoms with Gasteiger partial charge in [0.1, 0.15) is 11.6 Å². The number of carbonyl (C=O) groups is 1. The molecule has 1 heterocycles. The molecule has 0 fully saturated rings. The van der Waals surface area contributed by atoms with Crippen molar-refractivity contribution < 1.29 is 27.8 Å². The van der Waals surface area contributed by atoms with Crippen LogP contribution < -0.4 is 20.1 Å². The first-order chi connectivity index (χ1) is 15.0. The molecule has 1 unspecified atom stereocenters. The Bertz CT molecular complexity index is 795. The molecule has 0 aliphatic rings. The van der Waals surface area contributed by atoms with Crippen LogP contribution in [0.1, 0.15) is 25.7 Å². The third-order valence-electron chi connectivity index (χ3n) is 4.26. The van der Waals surface area contributed by atoms with Crippen LogP contribution in [-0.4, -0.2) is 62.0 Å². The maximum absolute atomic E-state index is 13.5. The van der Waals surface area contributed by atoms with Gasteiger partial charge in [0, 0.05) is 45.3 Å². The topological polar surface area (TPSA) is 108 Å². The number of carbonyl (C=O) groups excluding carboxylic acids is 1. The van der Waals surface area contributed by atoms with Crippen molar-refractivity contribution in [3.8, 4) is 11.8 Å². The largest absolute Gasteiger partial charge is 0.482 e. The molecule has 11 heteroatoms. The van der Waals surface area contributed by atoms with Crippen LogP contribution in [0.4, 0.5) is 4.39 Å². The molecule has 1 aromatic heterocycles. The molecule has 0 amide bonds. The summed E-state index contributed by atoms with van der Waals surface area (Å²) >= 11 is 5.65. The second-order valence-corrected chi connectivity index (χ2v) is 7.08. The second-order valence-electron chi connectivity index (χ2n) is 6.67. The van der Waals surface area contributed by atoms with Crippen molar-refractivity contribution in [3.05, 3.63) is 34.9 Å². The second kappa shape index (κ2) is 13.9. The smallest absolute Gasteiger partial charge is 0.414 e. The molecule has 0 aliphatic heterocycles. The Morgan fingerprint density at radius 2 is 2.13 bits per heavy atom. The minimum atomic E-state index is -0.761. The van der Waals surface area contributed by atoms with Gasteiger partial charge in [0.2, 0.25) is 5.89 Å². The molecule has 31 heavy (non-hydrogen) atoms. The monoisotopic (exact) mass is 458 g/mol. The van der Waals surface area contributed by atoms with E-state index >= 15 is 0 Å². The summed E-state index contributed by atoms with van der Waals surface area (Å²) < 4.78 is 34.7. The number of aromatic nitrogens is 2. The molecule has 0 bridgehead atoms. The number of benzene rings is 1. The lowest BCUT2D eigenvalue weighted by molar-refractivity contribution is -0.113. The third kappa shape index (κ3) is 9.18. The Balaban J connectivity index is 1.70. The summed E-state index contributed by atoms with van der Waals surface area (Å²) in [4.78, 5) is 11.3. The zero-order valence-corrected chi connectivity index (χ0v) is 18.4. The molecule has 2 rings (SSSR count). The summed E-state index contributed by atoms with van der Waals surface area (Å²) in [6, 6.07) is 4.12. The normalized spacial score (nSPS) is 13.0. The Kier molecular flexibility index (Phi) is 11.2. The zero-order chi connectivity index (χ0) is 22.5. The Morgan fingerprint density at radius 3 is 2.84 bits per heavy atom. The van der Waals surface area contributed by atoms with Crippen LogP contribution in [0.2, 0.25) is 5.02 Å². The summed E-state index contributed by atoms with van der Waals surface area (Å²) in [6.07, 6.45) is 1.58. The Morgan fingerprint density at radius 1 is 1.29 bits per heavy atom. The van der Waals surface area contributed by atoms with Crippen molar-refractivity contribution in [1.29, 1.82) is 0 Å². The Hall–Kier alpha value is -2.27. The van der Waals surface area contributed by atoms with Gasteiger partial charge in [-0.15, -0.1) is 5.10 Å². The standard InChI is InChI=1S/C20H28ClFN4O5/c1-3-14(10-23-12-19-25-26-20(31-19)29-8-4-7-28-2)24-11-16(13-27)30-15-5-6-17(21)18(22)9-15/h5-6,9,13-14,16,23-24H,3-4,7-8,10-12H2,1-2H3/t14-,16?/m0/s1.